The summed E-state index contributed by atoms with van der Waals surface area (Å²) in [5, 5.41) is 8.84. The van der Waals surface area contributed by atoms with Crippen molar-refractivity contribution in [3.05, 3.63) is 28.3 Å². The first-order chi connectivity index (χ1) is 6.68. The number of phenolic OH excluding ortho intramolecular Hbond substituents is 1. The van der Waals surface area contributed by atoms with Gasteiger partial charge in [0.05, 0.1) is 5.56 Å². The van der Waals surface area contributed by atoms with Crippen molar-refractivity contribution >= 4 is 0 Å². The molecule has 1 rings (SSSR count). The Morgan fingerprint density at radius 3 is 1.53 bits per heavy atom. The van der Waals surface area contributed by atoms with E-state index in [1.54, 1.807) is 0 Å². The van der Waals surface area contributed by atoms with Crippen molar-refractivity contribution < 1.29 is 27.1 Å². The van der Waals surface area contributed by atoms with Crippen LogP contribution >= 0.6 is 0 Å². The van der Waals surface area contributed by atoms with Crippen LogP contribution in [0.25, 0.3) is 0 Å². The molecule has 1 aromatic carbocycles. The zero-order chi connectivity index (χ0) is 12.0. The molecule has 0 fully saturated rings. The molecule has 0 aliphatic rings. The van der Waals surface area contributed by atoms with E-state index in [0.29, 0.717) is 0 Å². The molecule has 0 aliphatic heterocycles. The third-order valence-electron chi connectivity index (χ3n) is 2.11. The van der Waals surface area contributed by atoms with Crippen molar-refractivity contribution in [3.63, 3.8) is 0 Å². The summed E-state index contributed by atoms with van der Waals surface area (Å²) in [7, 11) is 0. The van der Waals surface area contributed by atoms with Gasteiger partial charge in [0.25, 0.3) is 0 Å². The summed E-state index contributed by atoms with van der Waals surface area (Å²) in [6.45, 7) is 1.68. The van der Waals surface area contributed by atoms with Gasteiger partial charge in [-0.1, -0.05) is 0 Å². The smallest absolute Gasteiger partial charge is 0.417 e. The highest BCUT2D eigenvalue weighted by Gasteiger charge is 2.38. The highest BCUT2D eigenvalue weighted by Crippen LogP contribution is 2.39. The van der Waals surface area contributed by atoms with Crippen molar-refractivity contribution in [1.29, 1.82) is 0 Å². The number of halogens is 5. The largest absolute Gasteiger partial charge is 0.503 e. The molecule has 0 unspecified atom stereocenters. The lowest BCUT2D eigenvalue weighted by molar-refractivity contribution is -0.138. The first-order valence-electron chi connectivity index (χ1n) is 3.92. The molecule has 15 heavy (non-hydrogen) atoms. The Kier molecular flexibility index (Phi) is 2.63. The molecule has 6 heteroatoms. The van der Waals surface area contributed by atoms with Gasteiger partial charge in [-0.2, -0.15) is 13.2 Å². The van der Waals surface area contributed by atoms with E-state index < -0.39 is 40.3 Å². The van der Waals surface area contributed by atoms with Crippen LogP contribution in [0.4, 0.5) is 22.0 Å². The third-order valence-corrected chi connectivity index (χ3v) is 2.11. The molecular weight excluding hydrogens is 219 g/mol. The first kappa shape index (κ1) is 11.7. The Bertz CT molecular complexity index is 379. The van der Waals surface area contributed by atoms with Crippen molar-refractivity contribution in [2.24, 2.45) is 0 Å². The SMILES string of the molecule is Cc1c(F)c(O)c(F)c(C)c1C(F)(F)F. The summed E-state index contributed by atoms with van der Waals surface area (Å²) in [6.07, 6.45) is -4.84. The second-order valence-electron chi connectivity index (χ2n) is 3.10. The summed E-state index contributed by atoms with van der Waals surface area (Å²) in [4.78, 5) is 0. The third kappa shape index (κ3) is 1.75. The summed E-state index contributed by atoms with van der Waals surface area (Å²) in [5.74, 6) is -4.53. The summed E-state index contributed by atoms with van der Waals surface area (Å²) >= 11 is 0. The maximum Gasteiger partial charge on any atom is 0.417 e. The summed E-state index contributed by atoms with van der Waals surface area (Å²) in [6, 6.07) is 0. The van der Waals surface area contributed by atoms with Crippen LogP contribution in [0.15, 0.2) is 0 Å². The van der Waals surface area contributed by atoms with E-state index in [2.05, 4.69) is 0 Å². The zero-order valence-corrected chi connectivity index (χ0v) is 7.84. The number of rotatable bonds is 0. The lowest BCUT2D eigenvalue weighted by Gasteiger charge is -2.15. The van der Waals surface area contributed by atoms with Crippen molar-refractivity contribution in [3.8, 4) is 5.75 Å². The normalized spacial score (nSPS) is 11.9. The van der Waals surface area contributed by atoms with Crippen LogP contribution in [0, 0.1) is 25.5 Å². The fraction of sp³-hybridized carbons (Fsp3) is 0.333. The fourth-order valence-electron chi connectivity index (χ4n) is 1.38. The van der Waals surface area contributed by atoms with Crippen LogP contribution in [-0.2, 0) is 6.18 Å². The van der Waals surface area contributed by atoms with E-state index in [-0.39, 0.29) is 0 Å². The van der Waals surface area contributed by atoms with Gasteiger partial charge in [0, 0.05) is 11.1 Å². The fourth-order valence-corrected chi connectivity index (χ4v) is 1.38. The Hall–Kier alpha value is -1.33. The second kappa shape index (κ2) is 3.36. The monoisotopic (exact) mass is 226 g/mol. The van der Waals surface area contributed by atoms with Gasteiger partial charge < -0.3 is 5.11 Å². The molecule has 1 N–H and O–H groups in total. The van der Waals surface area contributed by atoms with E-state index in [0.717, 1.165) is 13.8 Å². The minimum Gasteiger partial charge on any atom is -0.503 e. The first-order valence-corrected chi connectivity index (χ1v) is 3.92. The van der Waals surface area contributed by atoms with Crippen LogP contribution in [0.1, 0.15) is 16.7 Å². The van der Waals surface area contributed by atoms with Crippen LogP contribution < -0.4 is 0 Å². The predicted molar refractivity (Wildman–Crippen MR) is 42.5 cm³/mol. The predicted octanol–water partition coefficient (Wildman–Crippen LogP) is 3.31. The Morgan fingerprint density at radius 2 is 1.27 bits per heavy atom. The number of alkyl halides is 3. The second-order valence-corrected chi connectivity index (χ2v) is 3.10. The van der Waals surface area contributed by atoms with Gasteiger partial charge >= 0.3 is 6.18 Å². The van der Waals surface area contributed by atoms with E-state index >= 15 is 0 Å². The molecule has 0 aromatic heterocycles. The summed E-state index contributed by atoms with van der Waals surface area (Å²) < 4.78 is 63.1. The van der Waals surface area contributed by atoms with E-state index in [1.807, 2.05) is 0 Å². The molecule has 1 aromatic rings. The summed E-state index contributed by atoms with van der Waals surface area (Å²) in [5.41, 5.74) is -2.99. The molecule has 84 valence electrons. The molecule has 1 nitrogen and oxygen atoms in total. The average molecular weight is 226 g/mol. The minimum atomic E-state index is -4.84. The zero-order valence-electron chi connectivity index (χ0n) is 7.84. The topological polar surface area (TPSA) is 20.2 Å². The van der Waals surface area contributed by atoms with Gasteiger partial charge in [0.15, 0.2) is 17.4 Å². The molecule has 0 saturated carbocycles. The van der Waals surface area contributed by atoms with E-state index in [1.165, 1.54) is 0 Å². The van der Waals surface area contributed by atoms with Crippen molar-refractivity contribution in [1.82, 2.24) is 0 Å². The van der Waals surface area contributed by atoms with Gasteiger partial charge in [-0.3, -0.25) is 0 Å². The van der Waals surface area contributed by atoms with E-state index in [9.17, 15) is 22.0 Å². The van der Waals surface area contributed by atoms with Gasteiger partial charge in [0.2, 0.25) is 0 Å². The van der Waals surface area contributed by atoms with E-state index in [4.69, 9.17) is 5.11 Å². The van der Waals surface area contributed by atoms with Crippen LogP contribution in [0.2, 0.25) is 0 Å². The van der Waals surface area contributed by atoms with Crippen LogP contribution in [0.5, 0.6) is 5.75 Å². The molecule has 0 atom stereocenters. The number of hydrogen-bond acceptors (Lipinski definition) is 1. The standard InChI is InChI=1S/C9H7F5O/c1-3-5(9(12,13)14)4(2)7(11)8(15)6(3)10/h15H,1-2H3. The molecular formula is C9H7F5O. The Morgan fingerprint density at radius 1 is 0.933 bits per heavy atom. The molecule has 0 aliphatic carbocycles. The molecule has 0 saturated heterocycles. The van der Waals surface area contributed by atoms with Gasteiger partial charge in [0.1, 0.15) is 0 Å². The molecule has 0 radical (unpaired) electrons. The highest BCUT2D eigenvalue weighted by molar-refractivity contribution is 5.44. The highest BCUT2D eigenvalue weighted by atomic mass is 19.4. The maximum atomic E-state index is 13.0. The number of benzene rings is 1. The minimum absolute atomic E-state index is 0.807. The lowest BCUT2D eigenvalue weighted by Crippen LogP contribution is -2.13. The number of phenols is 1. The lowest BCUT2D eigenvalue weighted by atomic mass is 10.0. The van der Waals surface area contributed by atoms with Crippen molar-refractivity contribution in [2.75, 3.05) is 0 Å². The molecule has 0 spiro atoms. The van der Waals surface area contributed by atoms with Gasteiger partial charge in [-0.15, -0.1) is 0 Å². The van der Waals surface area contributed by atoms with Crippen molar-refractivity contribution in [2.45, 2.75) is 20.0 Å². The number of aromatic hydroxyl groups is 1. The van der Waals surface area contributed by atoms with Gasteiger partial charge in [-0.05, 0) is 13.8 Å². The Labute approximate surface area is 82.1 Å². The molecule has 0 amide bonds. The molecule has 0 bridgehead atoms. The number of hydrogen-bond donors (Lipinski definition) is 1. The quantitative estimate of drug-likeness (QED) is 0.673. The maximum absolute atomic E-state index is 13.0. The van der Waals surface area contributed by atoms with Gasteiger partial charge in [-0.25, -0.2) is 8.78 Å². The van der Waals surface area contributed by atoms with Crippen LogP contribution in [0.3, 0.4) is 0 Å². The molecule has 0 heterocycles. The Balaban J connectivity index is 3.68. The van der Waals surface area contributed by atoms with Crippen LogP contribution in [-0.4, -0.2) is 5.11 Å². The average Bonchev–Trinajstić information content (AvgIpc) is 2.09.